The molecule has 0 aliphatic rings. The number of rotatable bonds is 4. The van der Waals surface area contributed by atoms with E-state index in [2.05, 4.69) is 35.7 Å². The van der Waals surface area contributed by atoms with Crippen LogP contribution in [0.25, 0.3) is 0 Å². The number of hydrogen-bond donors (Lipinski definition) is 0. The Hall–Kier alpha value is -1.41. The molecule has 0 fully saturated rings. The Bertz CT molecular complexity index is 470. The highest BCUT2D eigenvalue weighted by atomic mass is 32.1. The summed E-state index contributed by atoms with van der Waals surface area (Å²) in [6.45, 7) is 1.64. The van der Waals surface area contributed by atoms with Crippen LogP contribution in [0.5, 0.6) is 0 Å². The molecule has 2 rings (SSSR count). The molecule has 0 saturated heterocycles. The Kier molecular flexibility index (Phi) is 3.52. The zero-order valence-corrected chi connectivity index (χ0v) is 10.1. The van der Waals surface area contributed by atoms with Crippen LogP contribution in [0.2, 0.25) is 0 Å². The fraction of sp³-hybridized carbons (Fsp3) is 0.214. The van der Waals surface area contributed by atoms with E-state index in [-0.39, 0.29) is 5.78 Å². The van der Waals surface area contributed by atoms with Crippen LogP contribution in [0.1, 0.15) is 22.9 Å². The van der Waals surface area contributed by atoms with Gasteiger partial charge in [0.15, 0.2) is 0 Å². The molecular weight excluding hydrogens is 216 g/mol. The van der Waals surface area contributed by atoms with Gasteiger partial charge in [0.25, 0.3) is 0 Å². The normalized spacial score (nSPS) is 10.3. The van der Waals surface area contributed by atoms with Crippen LogP contribution >= 0.6 is 11.3 Å². The molecule has 0 aliphatic heterocycles. The molecule has 0 spiro atoms. The predicted molar refractivity (Wildman–Crippen MR) is 68.0 cm³/mol. The van der Waals surface area contributed by atoms with Gasteiger partial charge in [-0.05, 0) is 35.9 Å². The zero-order valence-electron chi connectivity index (χ0n) is 9.27. The molecule has 0 radical (unpaired) electrons. The van der Waals surface area contributed by atoms with Crippen LogP contribution in [-0.2, 0) is 17.6 Å². The largest absolute Gasteiger partial charge is 0.300 e. The molecule has 0 aliphatic carbocycles. The number of carbonyl (C=O) groups excluding carboxylic acids is 1. The number of carbonyl (C=O) groups is 1. The number of benzene rings is 1. The van der Waals surface area contributed by atoms with Crippen LogP contribution in [-0.4, -0.2) is 5.78 Å². The van der Waals surface area contributed by atoms with Crippen molar-refractivity contribution in [3.8, 4) is 0 Å². The third-order valence-corrected chi connectivity index (χ3v) is 3.37. The second-order valence-corrected chi connectivity index (χ2v) is 4.96. The van der Waals surface area contributed by atoms with E-state index >= 15 is 0 Å². The van der Waals surface area contributed by atoms with Crippen LogP contribution < -0.4 is 0 Å². The SMILES string of the molecule is CC(=O)Cc1cc(Cc2ccccc2)cs1. The number of ketones is 1. The van der Waals surface area contributed by atoms with E-state index in [4.69, 9.17) is 0 Å². The lowest BCUT2D eigenvalue weighted by molar-refractivity contribution is -0.116. The Morgan fingerprint density at radius 3 is 2.62 bits per heavy atom. The maximum absolute atomic E-state index is 11.0. The third-order valence-electron chi connectivity index (χ3n) is 2.38. The summed E-state index contributed by atoms with van der Waals surface area (Å²) in [5.41, 5.74) is 2.61. The van der Waals surface area contributed by atoms with Crippen LogP contribution in [0.15, 0.2) is 41.8 Å². The topological polar surface area (TPSA) is 17.1 Å². The summed E-state index contributed by atoms with van der Waals surface area (Å²) in [5.74, 6) is 0.230. The summed E-state index contributed by atoms with van der Waals surface area (Å²) >= 11 is 1.68. The third kappa shape index (κ3) is 3.04. The van der Waals surface area contributed by atoms with Crippen molar-refractivity contribution in [1.82, 2.24) is 0 Å². The molecule has 1 heterocycles. The summed E-state index contributed by atoms with van der Waals surface area (Å²) < 4.78 is 0. The maximum Gasteiger partial charge on any atom is 0.135 e. The Labute approximate surface area is 99.8 Å². The van der Waals surface area contributed by atoms with Gasteiger partial charge in [-0.25, -0.2) is 0 Å². The van der Waals surface area contributed by atoms with Crippen molar-refractivity contribution in [2.24, 2.45) is 0 Å². The van der Waals surface area contributed by atoms with E-state index in [0.29, 0.717) is 6.42 Å². The van der Waals surface area contributed by atoms with Crippen LogP contribution in [0, 0.1) is 0 Å². The van der Waals surface area contributed by atoms with Crippen LogP contribution in [0.4, 0.5) is 0 Å². The van der Waals surface area contributed by atoms with Crippen molar-refractivity contribution < 1.29 is 4.79 Å². The quantitative estimate of drug-likeness (QED) is 0.786. The highest BCUT2D eigenvalue weighted by molar-refractivity contribution is 7.10. The summed E-state index contributed by atoms with van der Waals surface area (Å²) in [7, 11) is 0. The monoisotopic (exact) mass is 230 g/mol. The summed E-state index contributed by atoms with van der Waals surface area (Å²) in [5, 5.41) is 2.14. The van der Waals surface area contributed by atoms with E-state index in [1.165, 1.54) is 16.0 Å². The van der Waals surface area contributed by atoms with Crippen molar-refractivity contribution in [3.05, 3.63) is 57.8 Å². The average Bonchev–Trinajstić information content (AvgIpc) is 2.66. The number of hydrogen-bond acceptors (Lipinski definition) is 2. The summed E-state index contributed by atoms with van der Waals surface area (Å²) in [6.07, 6.45) is 1.52. The molecule has 0 unspecified atom stereocenters. The van der Waals surface area contributed by atoms with Gasteiger partial charge in [0.1, 0.15) is 5.78 Å². The van der Waals surface area contributed by atoms with Gasteiger partial charge >= 0.3 is 0 Å². The molecule has 0 amide bonds. The molecule has 0 atom stereocenters. The first kappa shape index (κ1) is 11.1. The fourth-order valence-corrected chi connectivity index (χ4v) is 2.65. The minimum atomic E-state index is 0.230. The Morgan fingerprint density at radius 1 is 1.19 bits per heavy atom. The van der Waals surface area contributed by atoms with E-state index in [1.807, 2.05) is 6.07 Å². The van der Waals surface area contributed by atoms with Crippen molar-refractivity contribution in [1.29, 1.82) is 0 Å². The molecule has 16 heavy (non-hydrogen) atoms. The number of thiophene rings is 1. The lowest BCUT2D eigenvalue weighted by atomic mass is 10.1. The molecule has 2 heteroatoms. The van der Waals surface area contributed by atoms with Crippen LogP contribution in [0.3, 0.4) is 0 Å². The number of Topliss-reactive ketones (excluding diaryl/α,β-unsaturated/α-hetero) is 1. The van der Waals surface area contributed by atoms with Gasteiger partial charge in [0, 0.05) is 11.3 Å². The average molecular weight is 230 g/mol. The molecule has 1 aromatic heterocycles. The minimum Gasteiger partial charge on any atom is -0.300 e. The minimum absolute atomic E-state index is 0.230. The van der Waals surface area contributed by atoms with E-state index in [0.717, 1.165) is 6.42 Å². The van der Waals surface area contributed by atoms with E-state index < -0.39 is 0 Å². The zero-order chi connectivity index (χ0) is 11.4. The highest BCUT2D eigenvalue weighted by Crippen LogP contribution is 2.18. The smallest absolute Gasteiger partial charge is 0.135 e. The van der Waals surface area contributed by atoms with Gasteiger partial charge in [-0.3, -0.25) is 4.79 Å². The van der Waals surface area contributed by atoms with Crippen molar-refractivity contribution in [3.63, 3.8) is 0 Å². The first-order valence-corrected chi connectivity index (χ1v) is 6.21. The molecule has 0 bridgehead atoms. The van der Waals surface area contributed by atoms with Gasteiger partial charge in [-0.1, -0.05) is 30.3 Å². The maximum atomic E-state index is 11.0. The highest BCUT2D eigenvalue weighted by Gasteiger charge is 2.03. The Balaban J connectivity index is 2.06. The molecule has 82 valence electrons. The van der Waals surface area contributed by atoms with Gasteiger partial charge in [-0.15, -0.1) is 11.3 Å². The van der Waals surface area contributed by atoms with Crippen molar-refractivity contribution in [2.75, 3.05) is 0 Å². The standard InChI is InChI=1S/C14H14OS/c1-11(15)7-14-9-13(10-16-14)8-12-5-3-2-4-6-12/h2-6,9-10H,7-8H2,1H3. The van der Waals surface area contributed by atoms with E-state index in [9.17, 15) is 4.79 Å². The lowest BCUT2D eigenvalue weighted by Gasteiger charge is -1.97. The summed E-state index contributed by atoms with van der Waals surface area (Å²) in [4.78, 5) is 12.2. The molecule has 1 aromatic carbocycles. The van der Waals surface area contributed by atoms with Gasteiger partial charge in [0.05, 0.1) is 0 Å². The second kappa shape index (κ2) is 5.08. The summed E-state index contributed by atoms with van der Waals surface area (Å²) in [6, 6.07) is 12.5. The van der Waals surface area contributed by atoms with Crippen molar-refractivity contribution >= 4 is 17.1 Å². The van der Waals surface area contributed by atoms with Gasteiger partial charge in [-0.2, -0.15) is 0 Å². The van der Waals surface area contributed by atoms with Gasteiger partial charge in [0.2, 0.25) is 0 Å². The first-order chi connectivity index (χ1) is 7.74. The van der Waals surface area contributed by atoms with E-state index in [1.54, 1.807) is 18.3 Å². The predicted octanol–water partition coefficient (Wildman–Crippen LogP) is 3.47. The molecule has 0 N–H and O–H groups in total. The first-order valence-electron chi connectivity index (χ1n) is 5.33. The molecule has 1 nitrogen and oxygen atoms in total. The lowest BCUT2D eigenvalue weighted by Crippen LogP contribution is -1.92. The van der Waals surface area contributed by atoms with Crippen molar-refractivity contribution in [2.45, 2.75) is 19.8 Å². The fourth-order valence-electron chi connectivity index (χ4n) is 1.69. The second-order valence-electron chi connectivity index (χ2n) is 3.96. The molecule has 0 saturated carbocycles. The Morgan fingerprint density at radius 2 is 1.94 bits per heavy atom. The molecular formula is C14H14OS. The molecule has 2 aromatic rings. The van der Waals surface area contributed by atoms with Gasteiger partial charge < -0.3 is 0 Å².